The summed E-state index contributed by atoms with van der Waals surface area (Å²) in [6.07, 6.45) is 0. The van der Waals surface area contributed by atoms with Gasteiger partial charge in [0.15, 0.2) is 5.82 Å². The van der Waals surface area contributed by atoms with Gasteiger partial charge in [-0.2, -0.15) is 0 Å². The number of pyridine rings is 1. The highest BCUT2D eigenvalue weighted by molar-refractivity contribution is 5.80. The van der Waals surface area contributed by atoms with Gasteiger partial charge in [0.2, 0.25) is 0 Å². The van der Waals surface area contributed by atoms with Gasteiger partial charge in [-0.1, -0.05) is 12.1 Å². The molecule has 0 saturated carbocycles. The third-order valence-electron chi connectivity index (χ3n) is 6.58. The van der Waals surface area contributed by atoms with Crippen LogP contribution < -0.4 is 15.0 Å². The quantitative estimate of drug-likeness (QED) is 0.433. The molecule has 5 rings (SSSR count). The maximum atomic E-state index is 13.4. The number of likely N-dealkylation sites (N-methyl/N-ethyl adjacent to an activating group) is 1. The fraction of sp³-hybridized carbons (Fsp3) is 0.360. The van der Waals surface area contributed by atoms with E-state index in [0.717, 1.165) is 48.4 Å². The molecule has 0 spiro atoms. The number of methoxy groups -OCH3 is 2. The number of H-pyrrole nitrogens is 1. The molecule has 35 heavy (non-hydrogen) atoms. The first kappa shape index (κ1) is 23.0. The van der Waals surface area contributed by atoms with E-state index in [-0.39, 0.29) is 11.6 Å². The van der Waals surface area contributed by atoms with Gasteiger partial charge < -0.3 is 19.4 Å². The zero-order chi connectivity index (χ0) is 24.4. The molecule has 1 atom stereocenters. The molecule has 0 unspecified atom stereocenters. The number of piperazine rings is 1. The maximum Gasteiger partial charge on any atom is 0.253 e. The standard InChI is InChI=1S/C25H29N7O3/c1-30-10-12-31(13-11-30)23(21-14-18-6-9-20(35-3)15-22(18)26-25(21)33)24-27-28-29-32(24)16-17-4-7-19(34-2)8-5-17/h4-9,14-15,23H,10-13,16H2,1-3H3,(H,26,33)/t23-/m1/s1. The Balaban J connectivity index is 1.57. The number of tetrazole rings is 1. The maximum absolute atomic E-state index is 13.4. The summed E-state index contributed by atoms with van der Waals surface area (Å²) >= 11 is 0. The molecule has 0 amide bonds. The second kappa shape index (κ2) is 9.85. The summed E-state index contributed by atoms with van der Waals surface area (Å²) in [7, 11) is 5.36. The van der Waals surface area contributed by atoms with Gasteiger partial charge in [-0.25, -0.2) is 4.68 Å². The second-order valence-corrected chi connectivity index (χ2v) is 8.79. The Labute approximate surface area is 203 Å². The summed E-state index contributed by atoms with van der Waals surface area (Å²) in [5, 5.41) is 13.6. The van der Waals surface area contributed by atoms with Crippen LogP contribution in [0.5, 0.6) is 11.5 Å². The van der Waals surface area contributed by atoms with E-state index in [2.05, 4.69) is 37.4 Å². The van der Waals surface area contributed by atoms with Crippen molar-refractivity contribution in [3.63, 3.8) is 0 Å². The zero-order valence-corrected chi connectivity index (χ0v) is 20.1. The second-order valence-electron chi connectivity index (χ2n) is 8.79. The molecule has 0 aliphatic carbocycles. The lowest BCUT2D eigenvalue weighted by atomic mass is 10.0. The number of hydrogen-bond acceptors (Lipinski definition) is 8. The molecular formula is C25H29N7O3. The Kier molecular flexibility index (Phi) is 6.47. The minimum absolute atomic E-state index is 0.159. The van der Waals surface area contributed by atoms with Crippen LogP contribution in [0.25, 0.3) is 10.9 Å². The van der Waals surface area contributed by atoms with Gasteiger partial charge in [-0.05, 0) is 58.8 Å². The monoisotopic (exact) mass is 475 g/mol. The number of aromatic nitrogens is 5. The Morgan fingerprint density at radius 1 is 0.971 bits per heavy atom. The molecule has 0 radical (unpaired) electrons. The molecule has 10 nitrogen and oxygen atoms in total. The Hall–Kier alpha value is -3.76. The van der Waals surface area contributed by atoms with E-state index in [4.69, 9.17) is 9.47 Å². The predicted molar refractivity (Wildman–Crippen MR) is 132 cm³/mol. The summed E-state index contributed by atoms with van der Waals surface area (Å²) < 4.78 is 12.4. The minimum atomic E-state index is -0.382. The summed E-state index contributed by atoms with van der Waals surface area (Å²) in [6.45, 7) is 3.89. The first-order valence-corrected chi connectivity index (χ1v) is 11.6. The zero-order valence-electron chi connectivity index (χ0n) is 20.1. The average molecular weight is 476 g/mol. The van der Waals surface area contributed by atoms with Crippen molar-refractivity contribution in [1.82, 2.24) is 35.0 Å². The van der Waals surface area contributed by atoms with Crippen LogP contribution in [-0.2, 0) is 6.54 Å². The Bertz CT molecular complexity index is 1360. The number of hydrogen-bond donors (Lipinski definition) is 1. The van der Waals surface area contributed by atoms with Crippen LogP contribution in [0.2, 0.25) is 0 Å². The van der Waals surface area contributed by atoms with E-state index in [0.29, 0.717) is 23.7 Å². The Morgan fingerprint density at radius 2 is 1.69 bits per heavy atom. The minimum Gasteiger partial charge on any atom is -0.497 e. The number of aromatic amines is 1. The van der Waals surface area contributed by atoms with E-state index in [1.54, 1.807) is 18.9 Å². The largest absolute Gasteiger partial charge is 0.497 e. The first-order valence-electron chi connectivity index (χ1n) is 11.6. The number of rotatable bonds is 7. The van der Waals surface area contributed by atoms with Crippen molar-refractivity contribution in [2.75, 3.05) is 47.4 Å². The van der Waals surface area contributed by atoms with Gasteiger partial charge in [0, 0.05) is 37.8 Å². The van der Waals surface area contributed by atoms with Gasteiger partial charge in [0.05, 0.1) is 26.3 Å². The molecular weight excluding hydrogens is 446 g/mol. The third kappa shape index (κ3) is 4.75. The first-order chi connectivity index (χ1) is 17.1. The molecule has 3 heterocycles. The molecule has 1 saturated heterocycles. The fourth-order valence-corrected chi connectivity index (χ4v) is 4.53. The van der Waals surface area contributed by atoms with Crippen molar-refractivity contribution in [2.45, 2.75) is 12.6 Å². The third-order valence-corrected chi connectivity index (χ3v) is 6.58. The van der Waals surface area contributed by atoms with Crippen molar-refractivity contribution in [1.29, 1.82) is 0 Å². The summed E-state index contributed by atoms with van der Waals surface area (Å²) in [5.74, 6) is 2.13. The smallest absolute Gasteiger partial charge is 0.253 e. The lowest BCUT2D eigenvalue weighted by molar-refractivity contribution is 0.121. The lowest BCUT2D eigenvalue weighted by Crippen LogP contribution is -2.47. The van der Waals surface area contributed by atoms with E-state index in [1.165, 1.54) is 0 Å². The van der Waals surface area contributed by atoms with E-state index in [1.807, 2.05) is 48.5 Å². The number of nitrogens with zero attached hydrogens (tertiary/aromatic N) is 6. The van der Waals surface area contributed by atoms with Gasteiger partial charge >= 0.3 is 0 Å². The molecule has 4 aromatic rings. The molecule has 1 N–H and O–H groups in total. The van der Waals surface area contributed by atoms with Crippen molar-refractivity contribution in [3.05, 3.63) is 75.8 Å². The molecule has 10 heteroatoms. The number of fused-ring (bicyclic) bond motifs is 1. The normalized spacial score (nSPS) is 15.9. The molecule has 182 valence electrons. The highest BCUT2D eigenvalue weighted by Gasteiger charge is 2.32. The van der Waals surface area contributed by atoms with Gasteiger partial charge in [-0.3, -0.25) is 9.69 Å². The van der Waals surface area contributed by atoms with Crippen LogP contribution in [-0.4, -0.2) is 82.4 Å². The number of ether oxygens (including phenoxy) is 2. The summed E-state index contributed by atoms with van der Waals surface area (Å²) in [5.41, 5.74) is 2.23. The topological polar surface area (TPSA) is 101 Å². The van der Waals surface area contributed by atoms with Crippen molar-refractivity contribution >= 4 is 10.9 Å². The SMILES string of the molecule is COc1ccc(Cn2nnnc2[C@@H](c2cc3ccc(OC)cc3[nH]c2=O)N2CCN(C)CC2)cc1. The molecule has 1 aliphatic rings. The van der Waals surface area contributed by atoms with Crippen LogP contribution >= 0.6 is 0 Å². The van der Waals surface area contributed by atoms with Gasteiger partial charge in [-0.15, -0.1) is 5.10 Å². The molecule has 1 fully saturated rings. The average Bonchev–Trinajstić information content (AvgIpc) is 3.33. The lowest BCUT2D eigenvalue weighted by Gasteiger charge is -2.37. The van der Waals surface area contributed by atoms with Gasteiger partial charge in [0.25, 0.3) is 5.56 Å². The van der Waals surface area contributed by atoms with Crippen LogP contribution in [0.1, 0.15) is 23.0 Å². The van der Waals surface area contributed by atoms with Crippen molar-refractivity contribution < 1.29 is 9.47 Å². The Morgan fingerprint density at radius 3 is 2.40 bits per heavy atom. The van der Waals surface area contributed by atoms with Crippen LogP contribution in [0.15, 0.2) is 53.3 Å². The van der Waals surface area contributed by atoms with Crippen LogP contribution in [0.4, 0.5) is 0 Å². The molecule has 2 aromatic heterocycles. The van der Waals surface area contributed by atoms with Crippen molar-refractivity contribution in [2.24, 2.45) is 0 Å². The summed E-state index contributed by atoms with van der Waals surface area (Å²) in [6, 6.07) is 15.1. The fourth-order valence-electron chi connectivity index (χ4n) is 4.53. The van der Waals surface area contributed by atoms with Crippen LogP contribution in [0, 0.1) is 0 Å². The summed E-state index contributed by atoms with van der Waals surface area (Å²) in [4.78, 5) is 21.0. The van der Waals surface area contributed by atoms with E-state index in [9.17, 15) is 4.79 Å². The number of nitrogens with one attached hydrogen (secondary N) is 1. The predicted octanol–water partition coefficient (Wildman–Crippen LogP) is 1.92. The highest BCUT2D eigenvalue weighted by Crippen LogP contribution is 2.29. The molecule has 1 aliphatic heterocycles. The van der Waals surface area contributed by atoms with Gasteiger partial charge in [0.1, 0.15) is 17.5 Å². The van der Waals surface area contributed by atoms with E-state index >= 15 is 0 Å². The number of benzene rings is 2. The van der Waals surface area contributed by atoms with E-state index < -0.39 is 0 Å². The van der Waals surface area contributed by atoms with Crippen LogP contribution in [0.3, 0.4) is 0 Å². The molecule has 0 bridgehead atoms. The highest BCUT2D eigenvalue weighted by atomic mass is 16.5. The van der Waals surface area contributed by atoms with Crippen molar-refractivity contribution in [3.8, 4) is 11.5 Å². The molecule has 2 aromatic carbocycles.